The highest BCUT2D eigenvalue weighted by Crippen LogP contribution is 2.38. The van der Waals surface area contributed by atoms with Gasteiger partial charge in [-0.1, -0.05) is 35.3 Å². The molecule has 3 heterocycles. The first-order valence-electron chi connectivity index (χ1n) is 9.87. The molecule has 1 spiro atoms. The molecule has 2 aliphatic heterocycles. The van der Waals surface area contributed by atoms with E-state index in [9.17, 15) is 0 Å². The Labute approximate surface area is 185 Å². The third kappa shape index (κ3) is 3.58. The van der Waals surface area contributed by atoms with E-state index in [-0.39, 0.29) is 12.2 Å². The molecule has 2 aliphatic rings. The van der Waals surface area contributed by atoms with Crippen LogP contribution in [-0.4, -0.2) is 23.7 Å². The molecule has 0 atom stereocenters. The number of fused-ring (bicyclic) bond motifs is 1. The Morgan fingerprint density at radius 1 is 1.10 bits per heavy atom. The average Bonchev–Trinajstić information content (AvgIpc) is 2.72. The Bertz CT molecular complexity index is 1100. The first-order valence-corrected chi connectivity index (χ1v) is 10.6. The van der Waals surface area contributed by atoms with Crippen molar-refractivity contribution in [2.45, 2.75) is 25.0 Å². The maximum absolute atomic E-state index is 6.25. The van der Waals surface area contributed by atoms with E-state index >= 15 is 0 Å². The number of aromatic nitrogens is 1. The van der Waals surface area contributed by atoms with Crippen LogP contribution in [0.15, 0.2) is 48.7 Å². The fourth-order valence-electron chi connectivity index (χ4n) is 3.90. The number of ether oxygens (including phenoxy) is 2. The predicted octanol–water partition coefficient (Wildman–Crippen LogP) is 4.88. The number of hydrogen-bond donors (Lipinski definition) is 2. The van der Waals surface area contributed by atoms with Crippen molar-refractivity contribution in [2.24, 2.45) is 0 Å². The number of anilines is 1. The summed E-state index contributed by atoms with van der Waals surface area (Å²) in [6.45, 7) is 2.06. The number of rotatable bonds is 4. The van der Waals surface area contributed by atoms with Gasteiger partial charge in [-0.25, -0.2) is 4.98 Å². The minimum Gasteiger partial charge on any atom is -0.485 e. The zero-order valence-electron chi connectivity index (χ0n) is 16.3. The number of pyridine rings is 1. The van der Waals surface area contributed by atoms with Gasteiger partial charge in [0, 0.05) is 40.5 Å². The SMILES string of the molecule is Nc1ncc(-c2ccc3c(c2)CCC2(CNC2)O3)cc1OCc1c(Cl)cccc1Cl. The second-order valence-electron chi connectivity index (χ2n) is 7.81. The zero-order chi connectivity index (χ0) is 20.7. The fourth-order valence-corrected chi connectivity index (χ4v) is 4.41. The molecule has 5 rings (SSSR count). The highest BCUT2D eigenvalue weighted by molar-refractivity contribution is 6.35. The van der Waals surface area contributed by atoms with Crippen LogP contribution in [0.2, 0.25) is 10.0 Å². The van der Waals surface area contributed by atoms with Crippen molar-refractivity contribution >= 4 is 29.0 Å². The van der Waals surface area contributed by atoms with Gasteiger partial charge in [0.2, 0.25) is 0 Å². The molecule has 0 radical (unpaired) electrons. The Morgan fingerprint density at radius 2 is 1.90 bits per heavy atom. The summed E-state index contributed by atoms with van der Waals surface area (Å²) in [5.74, 6) is 1.79. The average molecular weight is 442 g/mol. The molecule has 3 N–H and O–H groups in total. The molecular formula is C23H21Cl2N3O2. The van der Waals surface area contributed by atoms with E-state index in [0.717, 1.165) is 48.4 Å². The van der Waals surface area contributed by atoms with Gasteiger partial charge in [-0.15, -0.1) is 0 Å². The van der Waals surface area contributed by atoms with Crippen molar-refractivity contribution in [2.75, 3.05) is 18.8 Å². The van der Waals surface area contributed by atoms with Crippen LogP contribution in [0.25, 0.3) is 11.1 Å². The van der Waals surface area contributed by atoms with E-state index in [1.54, 1.807) is 24.4 Å². The Kier molecular flexibility index (Phi) is 4.97. The van der Waals surface area contributed by atoms with E-state index in [4.69, 9.17) is 38.4 Å². The molecule has 3 aromatic rings. The summed E-state index contributed by atoms with van der Waals surface area (Å²) in [6, 6.07) is 13.5. The van der Waals surface area contributed by atoms with Crippen LogP contribution >= 0.6 is 23.2 Å². The van der Waals surface area contributed by atoms with Crippen molar-refractivity contribution < 1.29 is 9.47 Å². The summed E-state index contributed by atoms with van der Waals surface area (Å²) in [7, 11) is 0. The Hall–Kier alpha value is -2.47. The smallest absolute Gasteiger partial charge is 0.166 e. The van der Waals surface area contributed by atoms with Crippen LogP contribution in [0.3, 0.4) is 0 Å². The van der Waals surface area contributed by atoms with Gasteiger partial charge in [0.15, 0.2) is 11.6 Å². The van der Waals surface area contributed by atoms with Crippen molar-refractivity contribution in [3.63, 3.8) is 0 Å². The molecule has 7 heteroatoms. The highest BCUT2D eigenvalue weighted by Gasteiger charge is 2.41. The molecule has 2 aromatic carbocycles. The van der Waals surface area contributed by atoms with Crippen LogP contribution in [-0.2, 0) is 13.0 Å². The number of hydrogen-bond acceptors (Lipinski definition) is 5. The standard InChI is InChI=1S/C23H21Cl2N3O2/c24-18-2-1-3-19(25)17(18)11-29-21-9-16(10-28-22(21)26)14-4-5-20-15(8-14)6-7-23(30-20)12-27-13-23/h1-5,8-10,27H,6-7,11-13H2,(H2,26,28). The number of nitrogens with two attached hydrogens (primary N) is 1. The van der Waals surface area contributed by atoms with Gasteiger partial charge in [0.25, 0.3) is 0 Å². The number of nitrogen functional groups attached to an aromatic ring is 1. The van der Waals surface area contributed by atoms with Gasteiger partial charge in [-0.2, -0.15) is 0 Å². The lowest BCUT2D eigenvalue weighted by atomic mass is 9.85. The number of nitrogens with zero attached hydrogens (tertiary/aromatic N) is 1. The lowest BCUT2D eigenvalue weighted by Crippen LogP contribution is -2.64. The van der Waals surface area contributed by atoms with E-state index in [0.29, 0.717) is 21.6 Å². The van der Waals surface area contributed by atoms with Gasteiger partial charge in [0.05, 0.1) is 0 Å². The topological polar surface area (TPSA) is 69.4 Å². The summed E-state index contributed by atoms with van der Waals surface area (Å²) >= 11 is 12.5. The molecule has 0 amide bonds. The van der Waals surface area contributed by atoms with E-state index < -0.39 is 0 Å². The molecule has 0 unspecified atom stereocenters. The molecule has 30 heavy (non-hydrogen) atoms. The summed E-state index contributed by atoms with van der Waals surface area (Å²) < 4.78 is 12.2. The normalized spacial score (nSPS) is 16.5. The molecule has 1 fully saturated rings. The predicted molar refractivity (Wildman–Crippen MR) is 119 cm³/mol. The van der Waals surface area contributed by atoms with E-state index in [1.807, 2.05) is 18.2 Å². The quantitative estimate of drug-likeness (QED) is 0.603. The monoisotopic (exact) mass is 441 g/mol. The van der Waals surface area contributed by atoms with Gasteiger partial charge in [0.1, 0.15) is 18.0 Å². The second-order valence-corrected chi connectivity index (χ2v) is 8.62. The first kappa shape index (κ1) is 19.5. The number of halogens is 2. The Balaban J connectivity index is 1.38. The lowest BCUT2D eigenvalue weighted by Gasteiger charge is -2.45. The van der Waals surface area contributed by atoms with Crippen molar-refractivity contribution in [1.82, 2.24) is 10.3 Å². The summed E-state index contributed by atoms with van der Waals surface area (Å²) in [6.07, 6.45) is 3.79. The minimum absolute atomic E-state index is 0.0156. The molecule has 1 saturated heterocycles. The molecule has 0 aliphatic carbocycles. The molecule has 5 nitrogen and oxygen atoms in total. The van der Waals surface area contributed by atoms with Gasteiger partial charge in [-0.3, -0.25) is 0 Å². The number of aryl methyl sites for hydroxylation is 1. The molecule has 0 saturated carbocycles. The van der Waals surface area contributed by atoms with Crippen LogP contribution in [0, 0.1) is 0 Å². The van der Waals surface area contributed by atoms with Crippen molar-refractivity contribution in [3.05, 3.63) is 69.8 Å². The minimum atomic E-state index is -0.0156. The van der Waals surface area contributed by atoms with Crippen LogP contribution in [0.5, 0.6) is 11.5 Å². The van der Waals surface area contributed by atoms with Gasteiger partial charge in [-0.05, 0) is 54.3 Å². The van der Waals surface area contributed by atoms with Crippen molar-refractivity contribution in [1.29, 1.82) is 0 Å². The van der Waals surface area contributed by atoms with Crippen LogP contribution in [0.4, 0.5) is 5.82 Å². The summed E-state index contributed by atoms with van der Waals surface area (Å²) in [4.78, 5) is 4.32. The van der Waals surface area contributed by atoms with Gasteiger partial charge >= 0.3 is 0 Å². The maximum Gasteiger partial charge on any atom is 0.166 e. The summed E-state index contributed by atoms with van der Waals surface area (Å²) in [5, 5.41) is 4.42. The van der Waals surface area contributed by atoms with Crippen molar-refractivity contribution in [3.8, 4) is 22.6 Å². The van der Waals surface area contributed by atoms with Crippen LogP contribution < -0.4 is 20.5 Å². The Morgan fingerprint density at radius 3 is 2.63 bits per heavy atom. The molecule has 0 bridgehead atoms. The second kappa shape index (κ2) is 7.65. The lowest BCUT2D eigenvalue weighted by molar-refractivity contribution is -0.00229. The number of nitrogens with one attached hydrogen (secondary N) is 1. The third-order valence-electron chi connectivity index (χ3n) is 5.78. The first-order chi connectivity index (χ1) is 14.5. The fraction of sp³-hybridized carbons (Fsp3) is 0.261. The van der Waals surface area contributed by atoms with Gasteiger partial charge < -0.3 is 20.5 Å². The number of benzene rings is 2. The third-order valence-corrected chi connectivity index (χ3v) is 6.49. The molecule has 154 valence electrons. The largest absolute Gasteiger partial charge is 0.485 e. The van der Waals surface area contributed by atoms with E-state index in [1.165, 1.54) is 5.56 Å². The zero-order valence-corrected chi connectivity index (χ0v) is 17.8. The molecular weight excluding hydrogens is 421 g/mol. The van der Waals surface area contributed by atoms with Crippen LogP contribution in [0.1, 0.15) is 17.5 Å². The summed E-state index contributed by atoms with van der Waals surface area (Å²) in [5.41, 5.74) is 9.94. The van der Waals surface area contributed by atoms with E-state index in [2.05, 4.69) is 16.4 Å². The molecule has 1 aromatic heterocycles. The maximum atomic E-state index is 6.25. The highest BCUT2D eigenvalue weighted by atomic mass is 35.5.